The number of carbonyl (C=O) groups is 1. The van der Waals surface area contributed by atoms with E-state index in [9.17, 15) is 4.79 Å². The summed E-state index contributed by atoms with van der Waals surface area (Å²) in [4.78, 5) is 12.5. The molecule has 6 heteroatoms. The van der Waals surface area contributed by atoms with Crippen LogP contribution in [0.3, 0.4) is 0 Å². The van der Waals surface area contributed by atoms with Gasteiger partial charge in [-0.1, -0.05) is 6.07 Å². The van der Waals surface area contributed by atoms with E-state index >= 15 is 0 Å². The summed E-state index contributed by atoms with van der Waals surface area (Å²) >= 11 is 1.38. The van der Waals surface area contributed by atoms with Crippen LogP contribution in [0, 0.1) is 0 Å². The van der Waals surface area contributed by atoms with Crippen LogP contribution < -0.4 is 14.9 Å². The van der Waals surface area contributed by atoms with Gasteiger partial charge in [-0.3, -0.25) is 4.79 Å². The molecule has 0 saturated heterocycles. The van der Waals surface area contributed by atoms with Crippen LogP contribution >= 0.6 is 11.3 Å². The maximum absolute atomic E-state index is 11.8. The third-order valence-electron chi connectivity index (χ3n) is 3.03. The monoisotopic (exact) mass is 302 g/mol. The normalized spacial score (nSPS) is 13.9. The van der Waals surface area contributed by atoms with E-state index in [0.717, 1.165) is 11.3 Å². The molecule has 3 rings (SSSR count). The van der Waals surface area contributed by atoms with Gasteiger partial charge in [0.25, 0.3) is 5.91 Å². The summed E-state index contributed by atoms with van der Waals surface area (Å²) < 4.78 is 11.0. The van der Waals surface area contributed by atoms with Gasteiger partial charge in [0.1, 0.15) is 13.2 Å². The van der Waals surface area contributed by atoms with E-state index in [1.807, 2.05) is 36.6 Å². The first kappa shape index (κ1) is 13.6. The maximum atomic E-state index is 11.8. The van der Waals surface area contributed by atoms with Gasteiger partial charge in [-0.05, 0) is 36.6 Å². The van der Waals surface area contributed by atoms with Crippen molar-refractivity contribution in [1.82, 2.24) is 5.43 Å². The molecule has 0 spiro atoms. The summed E-state index contributed by atoms with van der Waals surface area (Å²) in [6.45, 7) is 2.94. The number of carbonyl (C=O) groups excluding carboxylic acids is 1. The molecule has 0 radical (unpaired) electrons. The van der Waals surface area contributed by atoms with Crippen LogP contribution in [-0.2, 0) is 0 Å². The Morgan fingerprint density at radius 3 is 2.81 bits per heavy atom. The zero-order valence-electron chi connectivity index (χ0n) is 11.5. The third kappa shape index (κ3) is 3.05. The van der Waals surface area contributed by atoms with Gasteiger partial charge in [0.2, 0.25) is 0 Å². The minimum absolute atomic E-state index is 0.207. The first-order chi connectivity index (χ1) is 10.2. The molecule has 0 unspecified atom stereocenters. The zero-order valence-corrected chi connectivity index (χ0v) is 12.3. The minimum Gasteiger partial charge on any atom is -0.486 e. The Bertz CT molecular complexity index is 680. The van der Waals surface area contributed by atoms with Crippen molar-refractivity contribution in [1.29, 1.82) is 0 Å². The first-order valence-corrected chi connectivity index (χ1v) is 7.40. The summed E-state index contributed by atoms with van der Waals surface area (Å²) in [5, 5.41) is 5.98. The topological polar surface area (TPSA) is 59.9 Å². The number of amides is 1. The molecule has 1 N–H and O–H groups in total. The molecule has 21 heavy (non-hydrogen) atoms. The third-order valence-corrected chi connectivity index (χ3v) is 3.90. The van der Waals surface area contributed by atoms with E-state index in [0.29, 0.717) is 29.6 Å². The van der Waals surface area contributed by atoms with E-state index < -0.39 is 0 Å². The van der Waals surface area contributed by atoms with Gasteiger partial charge in [-0.15, -0.1) is 11.3 Å². The molecule has 2 aromatic rings. The molecule has 1 aromatic carbocycles. The average molecular weight is 302 g/mol. The number of hydrazone groups is 1. The number of thiophene rings is 1. The largest absolute Gasteiger partial charge is 0.486 e. The number of nitrogens with one attached hydrogen (secondary N) is 1. The molecule has 2 heterocycles. The van der Waals surface area contributed by atoms with Crippen molar-refractivity contribution in [2.75, 3.05) is 13.2 Å². The molecular weight excluding hydrogens is 288 g/mol. The lowest BCUT2D eigenvalue weighted by molar-refractivity contribution is 0.0959. The molecule has 1 aliphatic heterocycles. The molecule has 1 amide bonds. The smallest absolute Gasteiger partial charge is 0.281 e. The standard InChI is InChI=1S/C15H14N2O3S/c1-10(16-17-15(18)14-3-2-8-21-14)11-4-5-12-13(9-11)20-7-6-19-12/h2-5,8-9H,6-7H2,1H3,(H,17,18)/b16-10-. The second kappa shape index (κ2) is 5.97. The molecule has 0 fully saturated rings. The predicted octanol–water partition coefficient (Wildman–Crippen LogP) is 2.67. The van der Waals surface area contributed by atoms with E-state index in [1.54, 1.807) is 6.07 Å². The Kier molecular flexibility index (Phi) is 3.87. The number of ether oxygens (including phenoxy) is 2. The number of nitrogens with zero attached hydrogens (tertiary/aromatic N) is 1. The number of hydrogen-bond acceptors (Lipinski definition) is 5. The highest BCUT2D eigenvalue weighted by Crippen LogP contribution is 2.30. The molecule has 108 valence electrons. The van der Waals surface area contributed by atoms with Gasteiger partial charge in [0, 0.05) is 5.56 Å². The van der Waals surface area contributed by atoms with Gasteiger partial charge in [-0.25, -0.2) is 5.43 Å². The molecule has 0 saturated carbocycles. The second-order valence-electron chi connectivity index (χ2n) is 4.47. The minimum atomic E-state index is -0.207. The van der Waals surface area contributed by atoms with Crippen molar-refractivity contribution in [3.8, 4) is 11.5 Å². The summed E-state index contributed by atoms with van der Waals surface area (Å²) in [5.74, 6) is 1.24. The summed E-state index contributed by atoms with van der Waals surface area (Å²) in [6.07, 6.45) is 0. The number of hydrogen-bond donors (Lipinski definition) is 1. The maximum Gasteiger partial charge on any atom is 0.281 e. The quantitative estimate of drug-likeness (QED) is 0.700. The molecular formula is C15H14N2O3S. The molecule has 0 atom stereocenters. The van der Waals surface area contributed by atoms with Gasteiger partial charge in [0.05, 0.1) is 10.6 Å². The van der Waals surface area contributed by atoms with Gasteiger partial charge >= 0.3 is 0 Å². The van der Waals surface area contributed by atoms with Gasteiger partial charge in [-0.2, -0.15) is 5.10 Å². The van der Waals surface area contributed by atoms with Crippen LogP contribution in [0.1, 0.15) is 22.2 Å². The fourth-order valence-electron chi connectivity index (χ4n) is 1.93. The van der Waals surface area contributed by atoms with Gasteiger partial charge < -0.3 is 9.47 Å². The Morgan fingerprint density at radius 1 is 1.24 bits per heavy atom. The highest BCUT2D eigenvalue weighted by molar-refractivity contribution is 7.12. The van der Waals surface area contributed by atoms with Crippen LogP contribution in [0.2, 0.25) is 0 Å². The first-order valence-electron chi connectivity index (χ1n) is 6.52. The fraction of sp³-hybridized carbons (Fsp3) is 0.200. The van der Waals surface area contributed by atoms with Crippen molar-refractivity contribution in [3.63, 3.8) is 0 Å². The van der Waals surface area contributed by atoms with E-state index in [4.69, 9.17) is 9.47 Å². The van der Waals surface area contributed by atoms with Crippen molar-refractivity contribution < 1.29 is 14.3 Å². The highest BCUT2D eigenvalue weighted by Gasteiger charge is 2.13. The van der Waals surface area contributed by atoms with Crippen LogP contribution in [0.15, 0.2) is 40.8 Å². The highest BCUT2D eigenvalue weighted by atomic mass is 32.1. The fourth-order valence-corrected chi connectivity index (χ4v) is 2.54. The summed E-state index contributed by atoms with van der Waals surface area (Å²) in [5.41, 5.74) is 4.14. The number of rotatable bonds is 3. The molecule has 1 aliphatic rings. The Labute approximate surface area is 126 Å². The lowest BCUT2D eigenvalue weighted by Gasteiger charge is -2.18. The Balaban J connectivity index is 1.74. The van der Waals surface area contributed by atoms with Crippen LogP contribution in [0.4, 0.5) is 0 Å². The lowest BCUT2D eigenvalue weighted by Crippen LogP contribution is -2.18. The van der Waals surface area contributed by atoms with E-state index in [-0.39, 0.29) is 5.91 Å². The molecule has 0 aliphatic carbocycles. The van der Waals surface area contributed by atoms with E-state index in [2.05, 4.69) is 10.5 Å². The number of fused-ring (bicyclic) bond motifs is 1. The lowest BCUT2D eigenvalue weighted by atomic mass is 10.1. The van der Waals surface area contributed by atoms with Crippen molar-refractivity contribution in [3.05, 3.63) is 46.2 Å². The summed E-state index contributed by atoms with van der Waals surface area (Å²) in [7, 11) is 0. The molecule has 1 aromatic heterocycles. The second-order valence-corrected chi connectivity index (χ2v) is 5.42. The van der Waals surface area contributed by atoms with E-state index in [1.165, 1.54) is 11.3 Å². The van der Waals surface area contributed by atoms with Crippen LogP contribution in [-0.4, -0.2) is 24.8 Å². The number of benzene rings is 1. The molecule has 0 bridgehead atoms. The van der Waals surface area contributed by atoms with Crippen molar-refractivity contribution >= 4 is 23.0 Å². The Hall–Kier alpha value is -2.34. The summed E-state index contributed by atoms with van der Waals surface area (Å²) in [6, 6.07) is 9.20. The molecule has 5 nitrogen and oxygen atoms in total. The van der Waals surface area contributed by atoms with Gasteiger partial charge in [0.15, 0.2) is 11.5 Å². The van der Waals surface area contributed by atoms with Crippen molar-refractivity contribution in [2.24, 2.45) is 5.10 Å². The van der Waals surface area contributed by atoms with Crippen LogP contribution in [0.5, 0.6) is 11.5 Å². The van der Waals surface area contributed by atoms with Crippen molar-refractivity contribution in [2.45, 2.75) is 6.92 Å². The zero-order chi connectivity index (χ0) is 14.7. The predicted molar refractivity (Wildman–Crippen MR) is 81.4 cm³/mol. The Morgan fingerprint density at radius 2 is 2.05 bits per heavy atom. The average Bonchev–Trinajstić information content (AvgIpc) is 3.06. The van der Waals surface area contributed by atoms with Crippen LogP contribution in [0.25, 0.3) is 0 Å². The SMILES string of the molecule is C/C(=N/NC(=O)c1cccs1)c1ccc2c(c1)OCCO2.